The van der Waals surface area contributed by atoms with E-state index in [9.17, 15) is 0 Å². The SMILES string of the molecule is C=CCO[C@@H]1CCC[C@H]1C. The molecular formula is C9H16O. The monoisotopic (exact) mass is 140 g/mol. The minimum Gasteiger partial charge on any atom is -0.374 e. The van der Waals surface area contributed by atoms with Crippen LogP contribution in [0, 0.1) is 5.92 Å². The number of ether oxygens (including phenoxy) is 1. The third-order valence-corrected chi connectivity index (χ3v) is 2.21. The molecule has 2 atom stereocenters. The molecule has 0 unspecified atom stereocenters. The molecule has 0 radical (unpaired) electrons. The lowest BCUT2D eigenvalue weighted by Gasteiger charge is -2.14. The van der Waals surface area contributed by atoms with E-state index in [0.717, 1.165) is 12.5 Å². The summed E-state index contributed by atoms with van der Waals surface area (Å²) < 4.78 is 5.55. The maximum Gasteiger partial charge on any atom is 0.0648 e. The summed E-state index contributed by atoms with van der Waals surface area (Å²) in [6.07, 6.45) is 6.25. The number of hydrogen-bond donors (Lipinski definition) is 0. The molecule has 58 valence electrons. The van der Waals surface area contributed by atoms with Crippen LogP contribution in [0.4, 0.5) is 0 Å². The standard InChI is InChI=1S/C9H16O/c1-3-7-10-9-6-4-5-8(9)2/h3,8-9H,1,4-7H2,2H3/t8-,9-/m1/s1. The third-order valence-electron chi connectivity index (χ3n) is 2.21. The normalized spacial score (nSPS) is 32.5. The molecule has 0 heterocycles. The van der Waals surface area contributed by atoms with Crippen LogP contribution < -0.4 is 0 Å². The first kappa shape index (κ1) is 7.80. The Kier molecular flexibility index (Phi) is 2.94. The summed E-state index contributed by atoms with van der Waals surface area (Å²) in [6, 6.07) is 0. The lowest BCUT2D eigenvalue weighted by atomic mass is 10.1. The molecule has 1 fully saturated rings. The molecule has 0 aromatic heterocycles. The highest BCUT2D eigenvalue weighted by Crippen LogP contribution is 2.27. The van der Waals surface area contributed by atoms with Crippen molar-refractivity contribution in [1.29, 1.82) is 0 Å². The van der Waals surface area contributed by atoms with Gasteiger partial charge >= 0.3 is 0 Å². The van der Waals surface area contributed by atoms with Gasteiger partial charge in [0, 0.05) is 0 Å². The van der Waals surface area contributed by atoms with Crippen molar-refractivity contribution in [1.82, 2.24) is 0 Å². The zero-order valence-electron chi connectivity index (χ0n) is 6.68. The van der Waals surface area contributed by atoms with Crippen LogP contribution in [0.2, 0.25) is 0 Å². The highest BCUT2D eigenvalue weighted by Gasteiger charge is 2.22. The lowest BCUT2D eigenvalue weighted by molar-refractivity contribution is 0.0518. The predicted octanol–water partition coefficient (Wildman–Crippen LogP) is 2.38. The summed E-state index contributed by atoms with van der Waals surface area (Å²) in [5.41, 5.74) is 0. The second-order valence-electron chi connectivity index (χ2n) is 3.07. The van der Waals surface area contributed by atoms with E-state index < -0.39 is 0 Å². The van der Waals surface area contributed by atoms with Crippen molar-refractivity contribution in [3.8, 4) is 0 Å². The maximum atomic E-state index is 5.55. The molecule has 1 heteroatoms. The van der Waals surface area contributed by atoms with Crippen LogP contribution in [0.5, 0.6) is 0 Å². The highest BCUT2D eigenvalue weighted by molar-refractivity contribution is 4.76. The van der Waals surface area contributed by atoms with Gasteiger partial charge in [-0.1, -0.05) is 19.4 Å². The van der Waals surface area contributed by atoms with Crippen LogP contribution >= 0.6 is 0 Å². The Labute approximate surface area is 63.1 Å². The Morgan fingerprint density at radius 3 is 2.90 bits per heavy atom. The molecule has 1 saturated carbocycles. The molecule has 0 saturated heterocycles. The first-order valence-corrected chi connectivity index (χ1v) is 4.07. The van der Waals surface area contributed by atoms with Gasteiger partial charge in [0.1, 0.15) is 0 Å². The average Bonchev–Trinajstić information content (AvgIpc) is 2.31. The second kappa shape index (κ2) is 3.77. The van der Waals surface area contributed by atoms with E-state index in [4.69, 9.17) is 4.74 Å². The van der Waals surface area contributed by atoms with Gasteiger partial charge in [0.25, 0.3) is 0 Å². The van der Waals surface area contributed by atoms with E-state index in [1.807, 2.05) is 6.08 Å². The molecular weight excluding hydrogens is 124 g/mol. The van der Waals surface area contributed by atoms with Crippen LogP contribution in [0.1, 0.15) is 26.2 Å². The molecule has 0 amide bonds. The van der Waals surface area contributed by atoms with Gasteiger partial charge in [0.15, 0.2) is 0 Å². The van der Waals surface area contributed by atoms with Crippen molar-refractivity contribution in [2.24, 2.45) is 5.92 Å². The first-order valence-electron chi connectivity index (χ1n) is 4.07. The molecule has 0 aromatic rings. The quantitative estimate of drug-likeness (QED) is 0.547. The first-order chi connectivity index (χ1) is 4.84. The van der Waals surface area contributed by atoms with Crippen molar-refractivity contribution in [3.05, 3.63) is 12.7 Å². The van der Waals surface area contributed by atoms with Gasteiger partial charge in [0.2, 0.25) is 0 Å². The van der Waals surface area contributed by atoms with Crippen LogP contribution in [0.3, 0.4) is 0 Å². The van der Waals surface area contributed by atoms with Crippen molar-refractivity contribution in [2.75, 3.05) is 6.61 Å². The predicted molar refractivity (Wildman–Crippen MR) is 43.0 cm³/mol. The van der Waals surface area contributed by atoms with E-state index in [1.165, 1.54) is 19.3 Å². The van der Waals surface area contributed by atoms with Gasteiger partial charge in [0.05, 0.1) is 12.7 Å². The molecule has 0 N–H and O–H groups in total. The molecule has 1 nitrogen and oxygen atoms in total. The summed E-state index contributed by atoms with van der Waals surface area (Å²) >= 11 is 0. The van der Waals surface area contributed by atoms with E-state index in [1.54, 1.807) is 0 Å². The molecule has 0 aromatic carbocycles. The molecule has 1 aliphatic rings. The fraction of sp³-hybridized carbons (Fsp3) is 0.778. The summed E-state index contributed by atoms with van der Waals surface area (Å²) in [4.78, 5) is 0. The van der Waals surface area contributed by atoms with Crippen LogP contribution in [-0.2, 0) is 4.74 Å². The van der Waals surface area contributed by atoms with Gasteiger partial charge in [-0.25, -0.2) is 0 Å². The zero-order valence-corrected chi connectivity index (χ0v) is 6.68. The topological polar surface area (TPSA) is 9.23 Å². The van der Waals surface area contributed by atoms with E-state index in [2.05, 4.69) is 13.5 Å². The molecule has 1 rings (SSSR count). The van der Waals surface area contributed by atoms with Gasteiger partial charge < -0.3 is 4.74 Å². The molecule has 0 bridgehead atoms. The Morgan fingerprint density at radius 1 is 1.60 bits per heavy atom. The van der Waals surface area contributed by atoms with Crippen LogP contribution in [-0.4, -0.2) is 12.7 Å². The number of hydrogen-bond acceptors (Lipinski definition) is 1. The molecule has 0 aliphatic heterocycles. The minimum absolute atomic E-state index is 0.512. The van der Waals surface area contributed by atoms with Crippen LogP contribution in [0.25, 0.3) is 0 Å². The minimum atomic E-state index is 0.512. The van der Waals surface area contributed by atoms with E-state index in [-0.39, 0.29) is 0 Å². The fourth-order valence-corrected chi connectivity index (χ4v) is 1.55. The molecule has 1 aliphatic carbocycles. The van der Waals surface area contributed by atoms with Crippen molar-refractivity contribution in [2.45, 2.75) is 32.3 Å². The lowest BCUT2D eigenvalue weighted by Crippen LogP contribution is -2.15. The Bertz CT molecular complexity index is 109. The van der Waals surface area contributed by atoms with E-state index in [0.29, 0.717) is 6.10 Å². The maximum absolute atomic E-state index is 5.55. The van der Waals surface area contributed by atoms with Crippen molar-refractivity contribution in [3.63, 3.8) is 0 Å². The van der Waals surface area contributed by atoms with Gasteiger partial charge in [-0.05, 0) is 18.8 Å². The highest BCUT2D eigenvalue weighted by atomic mass is 16.5. The smallest absolute Gasteiger partial charge is 0.0648 e. The van der Waals surface area contributed by atoms with E-state index >= 15 is 0 Å². The van der Waals surface area contributed by atoms with Gasteiger partial charge in [-0.2, -0.15) is 0 Å². The Morgan fingerprint density at radius 2 is 2.40 bits per heavy atom. The largest absolute Gasteiger partial charge is 0.374 e. The average molecular weight is 140 g/mol. The van der Waals surface area contributed by atoms with Crippen molar-refractivity contribution < 1.29 is 4.74 Å². The summed E-state index contributed by atoms with van der Waals surface area (Å²) in [6.45, 7) is 6.60. The summed E-state index contributed by atoms with van der Waals surface area (Å²) in [5.74, 6) is 0.764. The number of rotatable bonds is 3. The summed E-state index contributed by atoms with van der Waals surface area (Å²) in [7, 11) is 0. The van der Waals surface area contributed by atoms with Gasteiger partial charge in [-0.15, -0.1) is 6.58 Å². The Hall–Kier alpha value is -0.300. The fourth-order valence-electron chi connectivity index (χ4n) is 1.55. The zero-order chi connectivity index (χ0) is 7.40. The third kappa shape index (κ3) is 1.84. The van der Waals surface area contributed by atoms with Crippen molar-refractivity contribution >= 4 is 0 Å². The Balaban J connectivity index is 2.19. The van der Waals surface area contributed by atoms with Gasteiger partial charge in [-0.3, -0.25) is 0 Å². The summed E-state index contributed by atoms with van der Waals surface area (Å²) in [5, 5.41) is 0. The van der Waals surface area contributed by atoms with Crippen LogP contribution in [0.15, 0.2) is 12.7 Å². The second-order valence-corrected chi connectivity index (χ2v) is 3.07. The molecule has 0 spiro atoms. The molecule has 10 heavy (non-hydrogen) atoms.